The predicted octanol–water partition coefficient (Wildman–Crippen LogP) is 1.93. The standard InChI is InChI=1S/C20H21N7O2/c21-17(28)14-10-24-20(26-16(18(22)29)7-11-5-6-11)27-19(14)25-13-8-12-3-1-2-4-15(12)23-9-13/h1-4,8-11,16H,5-7H2,(H2,21,28)(H2,22,29)(H2,24,25,26,27)/t16-/m1/s1. The Hall–Kier alpha value is -3.75. The van der Waals surface area contributed by atoms with E-state index < -0.39 is 17.9 Å². The molecule has 0 spiro atoms. The molecule has 0 unspecified atom stereocenters. The van der Waals surface area contributed by atoms with E-state index in [0.29, 0.717) is 18.0 Å². The number of pyridine rings is 1. The van der Waals surface area contributed by atoms with Crippen molar-refractivity contribution in [3.8, 4) is 0 Å². The van der Waals surface area contributed by atoms with Crippen molar-refractivity contribution in [1.29, 1.82) is 0 Å². The van der Waals surface area contributed by atoms with Crippen LogP contribution in [-0.2, 0) is 4.79 Å². The number of hydrogen-bond donors (Lipinski definition) is 4. The highest BCUT2D eigenvalue weighted by Gasteiger charge is 2.29. The molecule has 4 rings (SSSR count). The molecule has 1 atom stereocenters. The number of primary amides is 2. The number of para-hydroxylation sites is 1. The van der Waals surface area contributed by atoms with Gasteiger partial charge < -0.3 is 22.1 Å². The molecule has 2 amide bonds. The summed E-state index contributed by atoms with van der Waals surface area (Å²) in [6.45, 7) is 0. The second-order valence-corrected chi connectivity index (χ2v) is 7.14. The fourth-order valence-electron chi connectivity index (χ4n) is 3.09. The van der Waals surface area contributed by atoms with Crippen LogP contribution in [0, 0.1) is 5.92 Å². The van der Waals surface area contributed by atoms with Crippen molar-refractivity contribution in [2.45, 2.75) is 25.3 Å². The Labute approximate surface area is 166 Å². The van der Waals surface area contributed by atoms with Gasteiger partial charge in [-0.05, 0) is 24.5 Å². The van der Waals surface area contributed by atoms with E-state index in [0.717, 1.165) is 23.7 Å². The van der Waals surface area contributed by atoms with Gasteiger partial charge in [-0.15, -0.1) is 0 Å². The van der Waals surface area contributed by atoms with Crippen molar-refractivity contribution >= 4 is 40.2 Å². The van der Waals surface area contributed by atoms with Crippen LogP contribution in [0.4, 0.5) is 17.5 Å². The number of nitrogens with two attached hydrogens (primary N) is 2. The maximum Gasteiger partial charge on any atom is 0.254 e. The lowest BCUT2D eigenvalue weighted by Gasteiger charge is -2.16. The Bertz CT molecular complexity index is 1080. The molecule has 1 aromatic carbocycles. The van der Waals surface area contributed by atoms with Gasteiger partial charge in [0.2, 0.25) is 11.9 Å². The molecule has 9 heteroatoms. The Morgan fingerprint density at radius 3 is 2.66 bits per heavy atom. The lowest BCUT2D eigenvalue weighted by molar-refractivity contribution is -0.119. The highest BCUT2D eigenvalue weighted by Crippen LogP contribution is 2.34. The summed E-state index contributed by atoms with van der Waals surface area (Å²) < 4.78 is 0. The number of amides is 2. The molecule has 0 bridgehead atoms. The van der Waals surface area contributed by atoms with E-state index >= 15 is 0 Å². The third kappa shape index (κ3) is 4.40. The molecule has 29 heavy (non-hydrogen) atoms. The van der Waals surface area contributed by atoms with Gasteiger partial charge in [-0.3, -0.25) is 14.6 Å². The monoisotopic (exact) mass is 391 g/mol. The average Bonchev–Trinajstić information content (AvgIpc) is 3.51. The zero-order valence-electron chi connectivity index (χ0n) is 15.6. The number of aromatic nitrogens is 3. The third-order valence-corrected chi connectivity index (χ3v) is 4.82. The molecule has 1 aliphatic rings. The molecule has 3 aromatic rings. The third-order valence-electron chi connectivity index (χ3n) is 4.82. The van der Waals surface area contributed by atoms with Crippen LogP contribution < -0.4 is 22.1 Å². The van der Waals surface area contributed by atoms with Crippen molar-refractivity contribution in [3.63, 3.8) is 0 Å². The first-order valence-electron chi connectivity index (χ1n) is 9.34. The molecule has 1 fully saturated rings. The largest absolute Gasteiger partial charge is 0.368 e. The van der Waals surface area contributed by atoms with E-state index in [4.69, 9.17) is 11.5 Å². The maximum absolute atomic E-state index is 11.8. The number of carbonyl (C=O) groups is 2. The Kier molecular flexibility index (Phi) is 4.94. The summed E-state index contributed by atoms with van der Waals surface area (Å²) in [5.74, 6) is -0.228. The van der Waals surface area contributed by atoms with Gasteiger partial charge in [-0.25, -0.2) is 4.98 Å². The lowest BCUT2D eigenvalue weighted by Crippen LogP contribution is -2.36. The first-order chi connectivity index (χ1) is 14.0. The minimum atomic E-state index is -0.669. The van der Waals surface area contributed by atoms with Crippen LogP contribution >= 0.6 is 0 Å². The number of carbonyl (C=O) groups excluding carboxylic acids is 2. The normalized spacial score (nSPS) is 14.3. The van der Waals surface area contributed by atoms with Gasteiger partial charge in [0.05, 0.1) is 17.4 Å². The topological polar surface area (TPSA) is 149 Å². The van der Waals surface area contributed by atoms with Gasteiger partial charge in [-0.2, -0.15) is 4.98 Å². The van der Waals surface area contributed by atoms with Gasteiger partial charge in [-0.1, -0.05) is 31.0 Å². The number of rotatable bonds is 8. The van der Waals surface area contributed by atoms with Crippen LogP contribution in [0.25, 0.3) is 10.9 Å². The summed E-state index contributed by atoms with van der Waals surface area (Å²) in [5, 5.41) is 6.97. The number of nitrogens with zero attached hydrogens (tertiary/aromatic N) is 3. The second-order valence-electron chi connectivity index (χ2n) is 7.14. The van der Waals surface area contributed by atoms with Crippen molar-refractivity contribution in [2.75, 3.05) is 10.6 Å². The first-order valence-corrected chi connectivity index (χ1v) is 9.34. The summed E-state index contributed by atoms with van der Waals surface area (Å²) in [4.78, 5) is 36.4. The fourth-order valence-corrected chi connectivity index (χ4v) is 3.09. The van der Waals surface area contributed by atoms with Crippen LogP contribution in [0.2, 0.25) is 0 Å². The van der Waals surface area contributed by atoms with Crippen molar-refractivity contribution in [1.82, 2.24) is 15.0 Å². The maximum atomic E-state index is 11.8. The molecular formula is C20H21N7O2. The predicted molar refractivity (Wildman–Crippen MR) is 110 cm³/mol. The van der Waals surface area contributed by atoms with Crippen molar-refractivity contribution < 1.29 is 9.59 Å². The van der Waals surface area contributed by atoms with Crippen LogP contribution in [0.5, 0.6) is 0 Å². The van der Waals surface area contributed by atoms with Gasteiger partial charge >= 0.3 is 0 Å². The minimum Gasteiger partial charge on any atom is -0.368 e. The molecule has 9 nitrogen and oxygen atoms in total. The van der Waals surface area contributed by atoms with Crippen LogP contribution in [0.3, 0.4) is 0 Å². The summed E-state index contributed by atoms with van der Waals surface area (Å²) in [5.41, 5.74) is 12.6. The van der Waals surface area contributed by atoms with Crippen LogP contribution in [0.1, 0.15) is 29.6 Å². The molecule has 0 saturated heterocycles. The molecule has 6 N–H and O–H groups in total. The molecule has 0 radical (unpaired) electrons. The number of anilines is 3. The molecule has 1 saturated carbocycles. The van der Waals surface area contributed by atoms with E-state index in [1.165, 1.54) is 6.20 Å². The number of fused-ring (bicyclic) bond motifs is 1. The smallest absolute Gasteiger partial charge is 0.254 e. The summed E-state index contributed by atoms with van der Waals surface area (Å²) in [6, 6.07) is 8.99. The Morgan fingerprint density at radius 2 is 1.93 bits per heavy atom. The van der Waals surface area contributed by atoms with Gasteiger partial charge in [0.15, 0.2) is 0 Å². The van der Waals surface area contributed by atoms with Crippen molar-refractivity contribution in [3.05, 3.63) is 48.3 Å². The molecule has 0 aliphatic heterocycles. The lowest BCUT2D eigenvalue weighted by atomic mass is 10.1. The molecule has 2 heterocycles. The van der Waals surface area contributed by atoms with Crippen LogP contribution in [-0.4, -0.2) is 32.8 Å². The van der Waals surface area contributed by atoms with E-state index in [9.17, 15) is 9.59 Å². The summed E-state index contributed by atoms with van der Waals surface area (Å²) in [7, 11) is 0. The molecule has 148 valence electrons. The molecular weight excluding hydrogens is 370 g/mol. The van der Waals surface area contributed by atoms with E-state index in [-0.39, 0.29) is 17.3 Å². The zero-order chi connectivity index (χ0) is 20.4. The first kappa shape index (κ1) is 18.6. The Balaban J connectivity index is 1.61. The SMILES string of the molecule is NC(=O)c1cnc(N[C@H](CC2CC2)C(N)=O)nc1Nc1cnc2ccccc2c1. The zero-order valence-corrected chi connectivity index (χ0v) is 15.6. The minimum absolute atomic E-state index is 0.126. The number of benzene rings is 1. The summed E-state index contributed by atoms with van der Waals surface area (Å²) >= 11 is 0. The Morgan fingerprint density at radius 1 is 1.14 bits per heavy atom. The van der Waals surface area contributed by atoms with Gasteiger partial charge in [0.25, 0.3) is 5.91 Å². The van der Waals surface area contributed by atoms with E-state index in [2.05, 4.69) is 25.6 Å². The van der Waals surface area contributed by atoms with Crippen LogP contribution in [0.15, 0.2) is 42.7 Å². The number of hydrogen-bond acceptors (Lipinski definition) is 7. The number of nitrogens with one attached hydrogen (secondary N) is 2. The van der Waals surface area contributed by atoms with E-state index in [1.54, 1.807) is 6.20 Å². The molecule has 2 aromatic heterocycles. The second kappa shape index (κ2) is 7.70. The molecule has 1 aliphatic carbocycles. The average molecular weight is 391 g/mol. The summed E-state index contributed by atoms with van der Waals surface area (Å²) in [6.07, 6.45) is 5.78. The van der Waals surface area contributed by atoms with Crippen molar-refractivity contribution in [2.24, 2.45) is 17.4 Å². The highest BCUT2D eigenvalue weighted by molar-refractivity contribution is 5.98. The fraction of sp³-hybridized carbons (Fsp3) is 0.250. The quantitative estimate of drug-likeness (QED) is 0.458. The van der Waals surface area contributed by atoms with Gasteiger partial charge in [0.1, 0.15) is 17.4 Å². The van der Waals surface area contributed by atoms with E-state index in [1.807, 2.05) is 30.3 Å². The highest BCUT2D eigenvalue weighted by atomic mass is 16.1. The van der Waals surface area contributed by atoms with Gasteiger partial charge in [0, 0.05) is 11.6 Å².